The van der Waals surface area contributed by atoms with Crippen LogP contribution < -0.4 is 0 Å². The molecule has 0 saturated heterocycles. The molecule has 0 bridgehead atoms. The number of carbonyl (C=O) groups is 2. The Kier molecular flexibility index (Phi) is 4.11. The minimum atomic E-state index is -0.498. The Labute approximate surface area is 142 Å². The van der Waals surface area contributed by atoms with Gasteiger partial charge < -0.3 is 4.74 Å². The van der Waals surface area contributed by atoms with Crippen LogP contribution in [0.4, 0.5) is 0 Å². The number of benzene rings is 2. The second-order valence-corrected chi connectivity index (χ2v) is 5.67. The molecule has 0 aliphatic rings. The number of hydrogen-bond donors (Lipinski definition) is 0. The Morgan fingerprint density at radius 3 is 2.48 bits per heavy atom. The second-order valence-electron chi connectivity index (χ2n) is 4.86. The van der Waals surface area contributed by atoms with Gasteiger partial charge in [0.25, 0.3) is 5.91 Å². The monoisotopic (exact) mass is 347 g/mol. The third-order valence-corrected chi connectivity index (χ3v) is 4.24. The van der Waals surface area contributed by atoms with E-state index < -0.39 is 5.97 Å². The fraction of sp³-hybridized carbons (Fsp3) is 0.0588. The van der Waals surface area contributed by atoms with Crippen molar-refractivity contribution < 1.29 is 14.3 Å². The van der Waals surface area contributed by atoms with Gasteiger partial charge in [-0.15, -0.1) is 0 Å². The molecule has 116 valence electrons. The van der Waals surface area contributed by atoms with Crippen molar-refractivity contribution in [2.24, 2.45) is 0 Å². The number of para-hydroxylation sites is 1. The number of aromatic nitrogens is 1. The van der Waals surface area contributed by atoms with E-state index in [2.05, 4.69) is 0 Å². The fourth-order valence-electron chi connectivity index (χ4n) is 2.39. The van der Waals surface area contributed by atoms with Crippen molar-refractivity contribution in [2.45, 2.75) is 0 Å². The molecule has 3 aromatic rings. The summed E-state index contributed by atoms with van der Waals surface area (Å²) in [4.78, 5) is 24.7. The molecular formula is C17H11Cl2NO3. The second kappa shape index (κ2) is 6.07. The Morgan fingerprint density at radius 2 is 1.78 bits per heavy atom. The molecule has 0 saturated carbocycles. The van der Waals surface area contributed by atoms with Gasteiger partial charge in [-0.2, -0.15) is 0 Å². The average molecular weight is 348 g/mol. The van der Waals surface area contributed by atoms with E-state index >= 15 is 0 Å². The van der Waals surface area contributed by atoms with Gasteiger partial charge in [0, 0.05) is 17.1 Å². The largest absolute Gasteiger partial charge is 0.465 e. The van der Waals surface area contributed by atoms with E-state index in [0.29, 0.717) is 32.1 Å². The van der Waals surface area contributed by atoms with Crippen molar-refractivity contribution in [1.29, 1.82) is 0 Å². The summed E-state index contributed by atoms with van der Waals surface area (Å²) in [6, 6.07) is 11.8. The minimum absolute atomic E-state index is 0.294. The average Bonchev–Trinajstić information content (AvgIpc) is 2.95. The van der Waals surface area contributed by atoms with E-state index in [0.717, 1.165) is 0 Å². The Bertz CT molecular complexity index is 931. The van der Waals surface area contributed by atoms with Gasteiger partial charge in [0.15, 0.2) is 0 Å². The van der Waals surface area contributed by atoms with Gasteiger partial charge in [0.1, 0.15) is 0 Å². The van der Waals surface area contributed by atoms with E-state index in [1.54, 1.807) is 36.4 Å². The molecule has 0 radical (unpaired) electrons. The van der Waals surface area contributed by atoms with Crippen molar-refractivity contribution >= 4 is 46.0 Å². The standard InChI is InChI=1S/C17H11Cl2NO3/c1-23-17(22)12-9-20(15-5-3-2-4-11(12)15)16(21)10-6-7-13(18)14(19)8-10/h2-9H,1H3. The molecule has 0 aliphatic carbocycles. The Balaban J connectivity index is 2.17. The molecule has 0 unspecified atom stereocenters. The summed E-state index contributed by atoms with van der Waals surface area (Å²) in [5.41, 5.74) is 1.32. The molecule has 6 heteroatoms. The highest BCUT2D eigenvalue weighted by Crippen LogP contribution is 2.26. The lowest BCUT2D eigenvalue weighted by molar-refractivity contribution is 0.0603. The fourth-order valence-corrected chi connectivity index (χ4v) is 2.69. The molecule has 3 rings (SSSR count). The SMILES string of the molecule is COC(=O)c1cn(C(=O)c2ccc(Cl)c(Cl)c2)c2ccccc12. The van der Waals surface area contributed by atoms with Crippen molar-refractivity contribution in [3.05, 3.63) is 69.8 Å². The Morgan fingerprint density at radius 1 is 1.04 bits per heavy atom. The van der Waals surface area contributed by atoms with Gasteiger partial charge in [-0.1, -0.05) is 41.4 Å². The van der Waals surface area contributed by atoms with E-state index in [4.69, 9.17) is 27.9 Å². The molecule has 0 aliphatic heterocycles. The van der Waals surface area contributed by atoms with Crippen LogP contribution in [-0.2, 0) is 4.74 Å². The molecule has 2 aromatic carbocycles. The zero-order chi connectivity index (χ0) is 16.6. The number of carbonyl (C=O) groups excluding carboxylic acids is 2. The summed E-state index contributed by atoms with van der Waals surface area (Å²) in [7, 11) is 1.30. The predicted molar refractivity (Wildman–Crippen MR) is 89.5 cm³/mol. The maximum atomic E-state index is 12.8. The number of halogens is 2. The molecule has 1 aromatic heterocycles. The molecule has 4 nitrogen and oxygen atoms in total. The summed E-state index contributed by atoms with van der Waals surface area (Å²) in [6.45, 7) is 0. The smallest absolute Gasteiger partial charge is 0.340 e. The highest BCUT2D eigenvalue weighted by molar-refractivity contribution is 6.42. The summed E-state index contributed by atoms with van der Waals surface area (Å²) >= 11 is 11.9. The van der Waals surface area contributed by atoms with Crippen LogP contribution >= 0.6 is 23.2 Å². The van der Waals surface area contributed by atoms with E-state index in [1.165, 1.54) is 23.9 Å². The number of rotatable bonds is 2. The zero-order valence-electron chi connectivity index (χ0n) is 12.0. The lowest BCUT2D eigenvalue weighted by Gasteiger charge is -2.05. The van der Waals surface area contributed by atoms with Crippen molar-refractivity contribution in [1.82, 2.24) is 4.57 Å². The molecule has 0 fully saturated rings. The molecule has 0 atom stereocenters. The van der Waals surface area contributed by atoms with Crippen LogP contribution in [-0.4, -0.2) is 23.6 Å². The third kappa shape index (κ3) is 2.71. The van der Waals surface area contributed by atoms with Crippen molar-refractivity contribution in [2.75, 3.05) is 7.11 Å². The molecule has 0 N–H and O–H groups in total. The lowest BCUT2D eigenvalue weighted by atomic mass is 10.2. The minimum Gasteiger partial charge on any atom is -0.465 e. The highest BCUT2D eigenvalue weighted by atomic mass is 35.5. The maximum absolute atomic E-state index is 12.8. The number of hydrogen-bond acceptors (Lipinski definition) is 3. The van der Waals surface area contributed by atoms with Crippen molar-refractivity contribution in [3.63, 3.8) is 0 Å². The zero-order valence-corrected chi connectivity index (χ0v) is 13.6. The third-order valence-electron chi connectivity index (χ3n) is 3.50. The highest BCUT2D eigenvalue weighted by Gasteiger charge is 2.19. The van der Waals surface area contributed by atoms with Gasteiger partial charge in [-0.3, -0.25) is 9.36 Å². The number of esters is 1. The van der Waals surface area contributed by atoms with E-state index in [-0.39, 0.29) is 5.91 Å². The first kappa shape index (κ1) is 15.6. The quantitative estimate of drug-likeness (QED) is 0.644. The van der Waals surface area contributed by atoms with E-state index in [1.807, 2.05) is 0 Å². The summed E-state index contributed by atoms with van der Waals surface area (Å²) < 4.78 is 6.18. The van der Waals surface area contributed by atoms with Gasteiger partial charge >= 0.3 is 5.97 Å². The van der Waals surface area contributed by atoms with Crippen LogP contribution in [0.2, 0.25) is 10.0 Å². The lowest BCUT2D eigenvalue weighted by Crippen LogP contribution is -2.11. The molecule has 23 heavy (non-hydrogen) atoms. The molecule has 1 heterocycles. The maximum Gasteiger partial charge on any atom is 0.340 e. The van der Waals surface area contributed by atoms with Crippen LogP contribution in [0.15, 0.2) is 48.7 Å². The molecular weight excluding hydrogens is 337 g/mol. The first-order valence-corrected chi connectivity index (χ1v) is 7.46. The molecule has 0 amide bonds. The molecule has 0 spiro atoms. The van der Waals surface area contributed by atoms with Crippen LogP contribution in [0.3, 0.4) is 0 Å². The Hall–Kier alpha value is -2.30. The summed E-state index contributed by atoms with van der Waals surface area (Å²) in [5, 5.41) is 1.31. The van der Waals surface area contributed by atoms with Crippen LogP contribution in [0.1, 0.15) is 20.7 Å². The number of ether oxygens (including phenoxy) is 1. The number of methoxy groups -OCH3 is 1. The van der Waals surface area contributed by atoms with Gasteiger partial charge in [0.05, 0.1) is 28.2 Å². The van der Waals surface area contributed by atoms with E-state index in [9.17, 15) is 9.59 Å². The van der Waals surface area contributed by atoms with Crippen LogP contribution in [0.25, 0.3) is 10.9 Å². The van der Waals surface area contributed by atoms with Crippen molar-refractivity contribution in [3.8, 4) is 0 Å². The van der Waals surface area contributed by atoms with Crippen LogP contribution in [0, 0.1) is 0 Å². The van der Waals surface area contributed by atoms with Gasteiger partial charge in [0.2, 0.25) is 0 Å². The van der Waals surface area contributed by atoms with Gasteiger partial charge in [-0.25, -0.2) is 4.79 Å². The predicted octanol–water partition coefficient (Wildman–Crippen LogP) is 4.42. The summed E-state index contributed by atoms with van der Waals surface area (Å²) in [6.07, 6.45) is 1.47. The van der Waals surface area contributed by atoms with Crippen LogP contribution in [0.5, 0.6) is 0 Å². The number of fused-ring (bicyclic) bond motifs is 1. The summed E-state index contributed by atoms with van der Waals surface area (Å²) in [5.74, 6) is -0.809. The van der Waals surface area contributed by atoms with Gasteiger partial charge in [-0.05, 0) is 24.3 Å². The topological polar surface area (TPSA) is 48.3 Å². The first-order chi connectivity index (χ1) is 11.0. The normalized spacial score (nSPS) is 10.7. The first-order valence-electron chi connectivity index (χ1n) is 6.71. The number of nitrogens with zero attached hydrogens (tertiary/aromatic N) is 1.